The summed E-state index contributed by atoms with van der Waals surface area (Å²) in [6.45, 7) is 7.37. The van der Waals surface area contributed by atoms with Crippen molar-refractivity contribution in [3.05, 3.63) is 51.7 Å². The molecule has 0 fully saturated rings. The van der Waals surface area contributed by atoms with E-state index in [4.69, 9.17) is 0 Å². The highest BCUT2D eigenvalue weighted by Gasteiger charge is 2.07. The Morgan fingerprint density at radius 3 is 2.27 bits per heavy atom. The third kappa shape index (κ3) is 6.19. The van der Waals surface area contributed by atoms with Crippen molar-refractivity contribution < 1.29 is 4.79 Å². The van der Waals surface area contributed by atoms with Gasteiger partial charge in [-0.2, -0.15) is 0 Å². The number of amides is 1. The molecule has 3 N–H and O–H groups in total. The number of aryl methyl sites for hydroxylation is 1. The molecule has 140 valence electrons. The molecule has 26 heavy (non-hydrogen) atoms. The topological polar surface area (TPSA) is 65.5 Å². The molecule has 2 aromatic rings. The Labute approximate surface area is 159 Å². The van der Waals surface area contributed by atoms with E-state index in [9.17, 15) is 4.79 Å². The van der Waals surface area contributed by atoms with Gasteiger partial charge in [-0.1, -0.05) is 32.9 Å². The van der Waals surface area contributed by atoms with Crippen molar-refractivity contribution in [2.24, 2.45) is 10.9 Å². The molecule has 0 aliphatic rings. The molecular formula is C20H28N4OS. The molecule has 6 heteroatoms. The second-order valence-electron chi connectivity index (χ2n) is 6.34. The zero-order valence-corrected chi connectivity index (χ0v) is 16.7. The Morgan fingerprint density at radius 1 is 1.04 bits per heavy atom. The lowest BCUT2D eigenvalue weighted by atomic mass is 10.1. The van der Waals surface area contributed by atoms with Crippen LogP contribution in [-0.4, -0.2) is 18.9 Å². The lowest BCUT2D eigenvalue weighted by Gasteiger charge is -2.12. The van der Waals surface area contributed by atoms with Crippen LogP contribution < -0.4 is 16.0 Å². The highest BCUT2D eigenvalue weighted by atomic mass is 32.1. The van der Waals surface area contributed by atoms with Gasteiger partial charge in [0.05, 0.1) is 6.54 Å². The van der Waals surface area contributed by atoms with E-state index >= 15 is 0 Å². The molecule has 0 bridgehead atoms. The van der Waals surface area contributed by atoms with Gasteiger partial charge < -0.3 is 16.0 Å². The molecule has 0 radical (unpaired) electrons. The van der Waals surface area contributed by atoms with Crippen LogP contribution in [0.2, 0.25) is 0 Å². The molecule has 2 rings (SSSR count). The zero-order valence-electron chi connectivity index (χ0n) is 15.9. The van der Waals surface area contributed by atoms with Crippen molar-refractivity contribution in [1.82, 2.24) is 10.6 Å². The van der Waals surface area contributed by atoms with E-state index in [0.29, 0.717) is 6.54 Å². The number of hydrogen-bond donors (Lipinski definition) is 3. The van der Waals surface area contributed by atoms with Gasteiger partial charge in [0, 0.05) is 35.0 Å². The first-order chi connectivity index (χ1) is 12.5. The maximum absolute atomic E-state index is 11.7. The monoisotopic (exact) mass is 372 g/mol. The summed E-state index contributed by atoms with van der Waals surface area (Å²) in [7, 11) is 1.77. The molecule has 0 unspecified atom stereocenters. The predicted molar refractivity (Wildman–Crippen MR) is 111 cm³/mol. The summed E-state index contributed by atoms with van der Waals surface area (Å²) in [6.07, 6.45) is 1.07. The van der Waals surface area contributed by atoms with E-state index in [0.717, 1.165) is 30.2 Å². The lowest BCUT2D eigenvalue weighted by Crippen LogP contribution is -2.36. The van der Waals surface area contributed by atoms with Crippen molar-refractivity contribution in [2.45, 2.75) is 40.3 Å². The third-order valence-electron chi connectivity index (χ3n) is 3.93. The summed E-state index contributed by atoms with van der Waals surface area (Å²) < 4.78 is 0. The maximum atomic E-state index is 11.7. The van der Waals surface area contributed by atoms with Crippen molar-refractivity contribution >= 4 is 28.9 Å². The molecule has 5 nitrogen and oxygen atoms in total. The average molecular weight is 373 g/mol. The van der Waals surface area contributed by atoms with Crippen LogP contribution in [0.1, 0.15) is 36.1 Å². The van der Waals surface area contributed by atoms with E-state index in [1.54, 1.807) is 7.05 Å². The average Bonchev–Trinajstić information content (AvgIpc) is 3.11. The van der Waals surface area contributed by atoms with Crippen LogP contribution in [0.5, 0.6) is 0 Å². The van der Waals surface area contributed by atoms with E-state index in [-0.39, 0.29) is 11.8 Å². The SMILES string of the molecule is CCc1ccc(CNC(=NC)NCc2ccc(NC(=O)C(C)C)cc2)s1. The first-order valence-electron chi connectivity index (χ1n) is 8.93. The molecule has 1 aromatic carbocycles. The number of thiophene rings is 1. The number of nitrogens with one attached hydrogen (secondary N) is 3. The fraction of sp³-hybridized carbons (Fsp3) is 0.400. The molecule has 0 aliphatic heterocycles. The van der Waals surface area contributed by atoms with Crippen LogP contribution in [0, 0.1) is 5.92 Å². The number of carbonyl (C=O) groups excluding carboxylic acids is 1. The Balaban J connectivity index is 1.81. The van der Waals surface area contributed by atoms with Crippen molar-refractivity contribution in [2.75, 3.05) is 12.4 Å². The fourth-order valence-corrected chi connectivity index (χ4v) is 3.17. The van der Waals surface area contributed by atoms with Crippen LogP contribution in [0.4, 0.5) is 5.69 Å². The molecular weight excluding hydrogens is 344 g/mol. The number of rotatable bonds is 7. The Kier molecular flexibility index (Phi) is 7.66. The smallest absolute Gasteiger partial charge is 0.226 e. The minimum absolute atomic E-state index is 0.0255. The van der Waals surface area contributed by atoms with Gasteiger partial charge in [0.15, 0.2) is 5.96 Å². The van der Waals surface area contributed by atoms with Gasteiger partial charge in [-0.3, -0.25) is 9.79 Å². The normalized spacial score (nSPS) is 11.5. The van der Waals surface area contributed by atoms with E-state index in [2.05, 4.69) is 40.0 Å². The largest absolute Gasteiger partial charge is 0.352 e. The minimum atomic E-state index is -0.0255. The highest BCUT2D eigenvalue weighted by Crippen LogP contribution is 2.16. The fourth-order valence-electron chi connectivity index (χ4n) is 2.28. The summed E-state index contributed by atoms with van der Waals surface area (Å²) in [5.41, 5.74) is 1.94. The summed E-state index contributed by atoms with van der Waals surface area (Å²) in [6, 6.07) is 12.2. The van der Waals surface area contributed by atoms with Gasteiger partial charge in [-0.05, 0) is 36.2 Å². The lowest BCUT2D eigenvalue weighted by molar-refractivity contribution is -0.118. The van der Waals surface area contributed by atoms with E-state index in [1.807, 2.05) is 49.4 Å². The third-order valence-corrected chi connectivity index (χ3v) is 5.15. The first kappa shape index (κ1) is 20.0. The Hall–Kier alpha value is -2.34. The number of guanidine groups is 1. The summed E-state index contributed by atoms with van der Waals surface area (Å²) in [4.78, 5) is 18.7. The van der Waals surface area contributed by atoms with E-state index < -0.39 is 0 Å². The number of benzene rings is 1. The van der Waals surface area contributed by atoms with Crippen LogP contribution in [0.25, 0.3) is 0 Å². The number of nitrogens with zero attached hydrogens (tertiary/aromatic N) is 1. The molecule has 0 saturated heterocycles. The first-order valence-corrected chi connectivity index (χ1v) is 9.75. The van der Waals surface area contributed by atoms with E-state index in [1.165, 1.54) is 9.75 Å². The van der Waals surface area contributed by atoms with Crippen molar-refractivity contribution in [3.63, 3.8) is 0 Å². The van der Waals surface area contributed by atoms with Crippen molar-refractivity contribution in [3.8, 4) is 0 Å². The molecule has 1 heterocycles. The van der Waals surface area contributed by atoms with Crippen LogP contribution in [-0.2, 0) is 24.3 Å². The summed E-state index contributed by atoms with van der Waals surface area (Å²) in [5, 5.41) is 9.54. The summed E-state index contributed by atoms with van der Waals surface area (Å²) in [5.74, 6) is 0.774. The standard InChI is InChI=1S/C20H28N4OS/c1-5-17-10-11-18(26-17)13-23-20(21-4)22-12-15-6-8-16(9-7-15)24-19(25)14(2)3/h6-11,14H,5,12-13H2,1-4H3,(H,24,25)(H2,21,22,23). The Morgan fingerprint density at radius 2 is 1.69 bits per heavy atom. The molecule has 0 atom stereocenters. The number of anilines is 1. The maximum Gasteiger partial charge on any atom is 0.226 e. The second kappa shape index (κ2) is 9.97. The van der Waals surface area contributed by atoms with Gasteiger partial charge in [-0.25, -0.2) is 0 Å². The number of aliphatic imine (C=N–C) groups is 1. The molecule has 1 aromatic heterocycles. The van der Waals surface area contributed by atoms with Gasteiger partial charge in [0.1, 0.15) is 0 Å². The zero-order chi connectivity index (χ0) is 18.9. The van der Waals surface area contributed by atoms with Gasteiger partial charge in [0.2, 0.25) is 5.91 Å². The second-order valence-corrected chi connectivity index (χ2v) is 7.59. The Bertz CT molecular complexity index is 735. The van der Waals surface area contributed by atoms with Gasteiger partial charge in [-0.15, -0.1) is 11.3 Å². The van der Waals surface area contributed by atoms with Crippen LogP contribution in [0.3, 0.4) is 0 Å². The van der Waals surface area contributed by atoms with Gasteiger partial charge >= 0.3 is 0 Å². The number of hydrogen-bond acceptors (Lipinski definition) is 3. The van der Waals surface area contributed by atoms with Gasteiger partial charge in [0.25, 0.3) is 0 Å². The molecule has 0 aliphatic carbocycles. The molecule has 0 saturated carbocycles. The molecule has 1 amide bonds. The molecule has 0 spiro atoms. The van der Waals surface area contributed by atoms with Crippen LogP contribution >= 0.6 is 11.3 Å². The van der Waals surface area contributed by atoms with Crippen molar-refractivity contribution in [1.29, 1.82) is 0 Å². The van der Waals surface area contributed by atoms with Crippen LogP contribution in [0.15, 0.2) is 41.4 Å². The summed E-state index contributed by atoms with van der Waals surface area (Å²) >= 11 is 1.83. The number of carbonyl (C=O) groups is 1. The highest BCUT2D eigenvalue weighted by molar-refractivity contribution is 7.11. The quantitative estimate of drug-likeness (QED) is 0.512. The predicted octanol–water partition coefficient (Wildman–Crippen LogP) is 3.77. The minimum Gasteiger partial charge on any atom is -0.352 e.